The van der Waals surface area contributed by atoms with Gasteiger partial charge in [0.2, 0.25) is 5.82 Å². The van der Waals surface area contributed by atoms with Crippen LogP contribution in [0.2, 0.25) is 0 Å². The fraction of sp³-hybridized carbons (Fsp3) is 0.167. The number of nitrogens with zero attached hydrogens (tertiary/aromatic N) is 2. The van der Waals surface area contributed by atoms with Crippen molar-refractivity contribution < 1.29 is 28.6 Å². The molecule has 0 aliphatic carbocycles. The van der Waals surface area contributed by atoms with E-state index in [1.165, 1.54) is 0 Å². The van der Waals surface area contributed by atoms with Gasteiger partial charge in [-0.25, -0.2) is 4.79 Å². The molecule has 2 aromatic carbocycles. The van der Waals surface area contributed by atoms with Gasteiger partial charge >= 0.3 is 5.97 Å². The summed E-state index contributed by atoms with van der Waals surface area (Å²) in [5.41, 5.74) is 1.32. The molecule has 0 saturated heterocycles. The summed E-state index contributed by atoms with van der Waals surface area (Å²) in [6.07, 6.45) is 0. The first-order valence-corrected chi connectivity index (χ1v) is 7.62. The van der Waals surface area contributed by atoms with E-state index in [0.717, 1.165) is 0 Å². The van der Waals surface area contributed by atoms with Gasteiger partial charge in [0.15, 0.2) is 18.1 Å². The van der Waals surface area contributed by atoms with E-state index in [0.29, 0.717) is 34.2 Å². The molecule has 3 rings (SSSR count). The second-order valence-electron chi connectivity index (χ2n) is 5.20. The lowest BCUT2D eigenvalue weighted by Crippen LogP contribution is -2.09. The molecule has 0 saturated carbocycles. The van der Waals surface area contributed by atoms with Gasteiger partial charge < -0.3 is 23.8 Å². The maximum Gasteiger partial charge on any atom is 0.341 e. The molecule has 0 radical (unpaired) electrons. The molecule has 0 aliphatic heterocycles. The van der Waals surface area contributed by atoms with Gasteiger partial charge in [-0.05, 0) is 36.4 Å². The molecule has 26 heavy (non-hydrogen) atoms. The topological polar surface area (TPSA) is 104 Å². The van der Waals surface area contributed by atoms with Gasteiger partial charge in [0.05, 0.1) is 14.2 Å². The summed E-state index contributed by atoms with van der Waals surface area (Å²) in [4.78, 5) is 15.0. The Bertz CT molecular complexity index is 922. The molecule has 3 aromatic rings. The Balaban J connectivity index is 1.86. The Labute approximate surface area is 148 Å². The molecule has 0 unspecified atom stereocenters. The molecule has 1 heterocycles. The van der Waals surface area contributed by atoms with Crippen LogP contribution in [-0.4, -0.2) is 42.0 Å². The Hall–Kier alpha value is -3.55. The fourth-order valence-electron chi connectivity index (χ4n) is 2.30. The Morgan fingerprint density at radius 1 is 1.08 bits per heavy atom. The van der Waals surface area contributed by atoms with Gasteiger partial charge in [-0.2, -0.15) is 4.98 Å². The van der Waals surface area contributed by atoms with Crippen molar-refractivity contribution >= 4 is 5.97 Å². The minimum atomic E-state index is -1.05. The van der Waals surface area contributed by atoms with E-state index in [1.54, 1.807) is 56.7 Å². The zero-order chi connectivity index (χ0) is 18.5. The molecule has 0 bridgehead atoms. The third kappa shape index (κ3) is 3.75. The second kappa shape index (κ2) is 7.56. The highest BCUT2D eigenvalue weighted by molar-refractivity contribution is 5.68. The van der Waals surface area contributed by atoms with Crippen LogP contribution in [0.1, 0.15) is 0 Å². The first-order valence-electron chi connectivity index (χ1n) is 7.62. The lowest BCUT2D eigenvalue weighted by Gasteiger charge is -2.07. The summed E-state index contributed by atoms with van der Waals surface area (Å²) in [6.45, 7) is -0.426. The highest BCUT2D eigenvalue weighted by Gasteiger charge is 2.14. The molecule has 0 fully saturated rings. The molecule has 0 atom stereocenters. The lowest BCUT2D eigenvalue weighted by molar-refractivity contribution is -0.139. The molecule has 1 aromatic heterocycles. The van der Waals surface area contributed by atoms with E-state index in [9.17, 15) is 4.79 Å². The van der Waals surface area contributed by atoms with Crippen LogP contribution < -0.4 is 14.2 Å². The van der Waals surface area contributed by atoms with Crippen LogP contribution >= 0.6 is 0 Å². The molecule has 8 nitrogen and oxygen atoms in total. The summed E-state index contributed by atoms with van der Waals surface area (Å²) in [5, 5.41) is 12.7. The second-order valence-corrected chi connectivity index (χ2v) is 5.20. The number of hydrogen-bond donors (Lipinski definition) is 1. The molecule has 1 N–H and O–H groups in total. The van der Waals surface area contributed by atoms with Crippen molar-refractivity contribution in [2.45, 2.75) is 0 Å². The molecule has 0 amide bonds. The van der Waals surface area contributed by atoms with Gasteiger partial charge in [0.25, 0.3) is 5.89 Å². The number of carbonyl (C=O) groups is 1. The summed E-state index contributed by atoms with van der Waals surface area (Å²) in [7, 11) is 3.11. The highest BCUT2D eigenvalue weighted by atomic mass is 16.5. The number of methoxy groups -OCH3 is 2. The van der Waals surface area contributed by atoms with Crippen molar-refractivity contribution in [2.75, 3.05) is 20.8 Å². The third-order valence-corrected chi connectivity index (χ3v) is 3.51. The van der Waals surface area contributed by atoms with E-state index >= 15 is 0 Å². The number of hydrogen-bond acceptors (Lipinski definition) is 7. The van der Waals surface area contributed by atoms with E-state index < -0.39 is 12.6 Å². The standard InChI is InChI=1S/C18H16N2O6/c1-23-14-7-6-11(9-15(14)24-2)17-19-18(26-20-17)12-4-3-5-13(8-12)25-10-16(21)22/h3-9H,10H2,1-2H3,(H,21,22). The van der Waals surface area contributed by atoms with Gasteiger partial charge in [0.1, 0.15) is 5.75 Å². The minimum Gasteiger partial charge on any atom is -0.493 e. The molecule has 0 aliphatic rings. The molecular formula is C18H16N2O6. The first-order chi connectivity index (χ1) is 12.6. The van der Waals surface area contributed by atoms with Crippen LogP contribution in [0.5, 0.6) is 17.2 Å². The van der Waals surface area contributed by atoms with Crippen LogP contribution in [0, 0.1) is 0 Å². The largest absolute Gasteiger partial charge is 0.493 e. The van der Waals surface area contributed by atoms with E-state index in [-0.39, 0.29) is 5.89 Å². The van der Waals surface area contributed by atoms with Crippen molar-refractivity contribution in [3.8, 4) is 40.1 Å². The maximum atomic E-state index is 10.6. The van der Waals surface area contributed by atoms with Crippen molar-refractivity contribution in [2.24, 2.45) is 0 Å². The minimum absolute atomic E-state index is 0.288. The van der Waals surface area contributed by atoms with Crippen LogP contribution in [-0.2, 0) is 4.79 Å². The Morgan fingerprint density at radius 3 is 2.62 bits per heavy atom. The predicted octanol–water partition coefficient (Wildman–Crippen LogP) is 2.88. The number of benzene rings is 2. The monoisotopic (exact) mass is 356 g/mol. The number of ether oxygens (including phenoxy) is 3. The predicted molar refractivity (Wildman–Crippen MR) is 91.4 cm³/mol. The summed E-state index contributed by atoms with van der Waals surface area (Å²) in [5.74, 6) is 1.18. The zero-order valence-corrected chi connectivity index (χ0v) is 14.1. The number of aliphatic carboxylic acids is 1. The first kappa shape index (κ1) is 17.3. The fourth-order valence-corrected chi connectivity index (χ4v) is 2.30. The SMILES string of the molecule is COc1ccc(-c2noc(-c3cccc(OCC(=O)O)c3)n2)cc1OC. The highest BCUT2D eigenvalue weighted by Crippen LogP contribution is 2.32. The van der Waals surface area contributed by atoms with Gasteiger partial charge in [-0.3, -0.25) is 0 Å². The van der Waals surface area contributed by atoms with Crippen LogP contribution in [0.4, 0.5) is 0 Å². The Morgan fingerprint density at radius 2 is 1.88 bits per heavy atom. The van der Waals surface area contributed by atoms with Gasteiger partial charge in [0, 0.05) is 11.1 Å². The van der Waals surface area contributed by atoms with Crippen LogP contribution in [0.3, 0.4) is 0 Å². The van der Waals surface area contributed by atoms with E-state index in [4.69, 9.17) is 23.8 Å². The van der Waals surface area contributed by atoms with Crippen molar-refractivity contribution in [3.05, 3.63) is 42.5 Å². The van der Waals surface area contributed by atoms with Crippen LogP contribution in [0.25, 0.3) is 22.8 Å². The van der Waals surface area contributed by atoms with Crippen molar-refractivity contribution in [3.63, 3.8) is 0 Å². The average Bonchev–Trinajstić information content (AvgIpc) is 3.16. The lowest BCUT2D eigenvalue weighted by atomic mass is 10.2. The normalized spacial score (nSPS) is 10.4. The van der Waals surface area contributed by atoms with Crippen molar-refractivity contribution in [1.82, 2.24) is 10.1 Å². The smallest absolute Gasteiger partial charge is 0.341 e. The number of carboxylic acid groups (broad SMARTS) is 1. The van der Waals surface area contributed by atoms with Crippen molar-refractivity contribution in [1.29, 1.82) is 0 Å². The van der Waals surface area contributed by atoms with E-state index in [2.05, 4.69) is 10.1 Å². The summed E-state index contributed by atoms with van der Waals surface area (Å²) in [6, 6.07) is 12.1. The van der Waals surface area contributed by atoms with E-state index in [1.807, 2.05) is 0 Å². The van der Waals surface area contributed by atoms with Crippen LogP contribution in [0.15, 0.2) is 47.0 Å². The molecule has 134 valence electrons. The number of aromatic nitrogens is 2. The zero-order valence-electron chi connectivity index (χ0n) is 14.1. The Kier molecular flexibility index (Phi) is 5.02. The summed E-state index contributed by atoms with van der Waals surface area (Å²) >= 11 is 0. The molecular weight excluding hydrogens is 340 g/mol. The average molecular weight is 356 g/mol. The molecule has 8 heteroatoms. The number of rotatable bonds is 7. The quantitative estimate of drug-likeness (QED) is 0.689. The molecule has 0 spiro atoms. The maximum absolute atomic E-state index is 10.6. The third-order valence-electron chi connectivity index (χ3n) is 3.51. The number of carboxylic acids is 1. The van der Waals surface area contributed by atoms with Gasteiger partial charge in [-0.1, -0.05) is 11.2 Å². The summed E-state index contributed by atoms with van der Waals surface area (Å²) < 4.78 is 21.0. The van der Waals surface area contributed by atoms with Gasteiger partial charge in [-0.15, -0.1) is 0 Å².